The van der Waals surface area contributed by atoms with Crippen molar-refractivity contribution >= 4 is 40.1 Å². The molecule has 3 aromatic rings. The maximum atomic E-state index is 12.0. The lowest BCUT2D eigenvalue weighted by molar-refractivity contribution is -0.121. The standard InChI is InChI=1S/C18H15ClIN3O2/c19-15-4-2-1-3-13(15)11-21-16(24)9-10-17-22-18(23-25-17)12-5-7-14(20)8-6-12/h1-8H,9-11H2,(H,21,24). The average Bonchev–Trinajstić information content (AvgIpc) is 3.09. The largest absolute Gasteiger partial charge is 0.352 e. The molecule has 0 bridgehead atoms. The Kier molecular flexibility index (Phi) is 6.04. The minimum atomic E-state index is -0.0889. The maximum Gasteiger partial charge on any atom is 0.227 e. The highest BCUT2D eigenvalue weighted by atomic mass is 127. The number of carbonyl (C=O) groups excluding carboxylic acids is 1. The van der Waals surface area contributed by atoms with Crippen molar-refractivity contribution in [2.75, 3.05) is 0 Å². The van der Waals surface area contributed by atoms with E-state index in [2.05, 4.69) is 38.0 Å². The second-order valence-corrected chi connectivity index (χ2v) is 7.04. The molecule has 0 aliphatic carbocycles. The van der Waals surface area contributed by atoms with Gasteiger partial charge in [0, 0.05) is 33.5 Å². The quantitative estimate of drug-likeness (QED) is 0.551. The monoisotopic (exact) mass is 467 g/mol. The first-order valence-electron chi connectivity index (χ1n) is 7.70. The molecule has 0 atom stereocenters. The first kappa shape index (κ1) is 17.9. The summed E-state index contributed by atoms with van der Waals surface area (Å²) >= 11 is 8.30. The molecule has 0 aliphatic heterocycles. The van der Waals surface area contributed by atoms with E-state index in [0.29, 0.717) is 29.7 Å². The molecule has 0 unspecified atom stereocenters. The predicted molar refractivity (Wildman–Crippen MR) is 104 cm³/mol. The van der Waals surface area contributed by atoms with Crippen LogP contribution in [0.4, 0.5) is 0 Å². The zero-order valence-corrected chi connectivity index (χ0v) is 16.1. The van der Waals surface area contributed by atoms with Gasteiger partial charge in [-0.1, -0.05) is 47.1 Å². The SMILES string of the molecule is O=C(CCc1nc(-c2ccc(I)cc2)no1)NCc1ccccc1Cl. The highest BCUT2D eigenvalue weighted by molar-refractivity contribution is 14.1. The second kappa shape index (κ2) is 8.44. The first-order chi connectivity index (χ1) is 12.1. The molecular formula is C18H15ClIN3O2. The first-order valence-corrected chi connectivity index (χ1v) is 9.16. The van der Waals surface area contributed by atoms with Gasteiger partial charge in [-0.05, 0) is 46.4 Å². The lowest BCUT2D eigenvalue weighted by Gasteiger charge is -2.05. The van der Waals surface area contributed by atoms with Gasteiger partial charge in [-0.2, -0.15) is 4.98 Å². The molecule has 1 aromatic heterocycles. The van der Waals surface area contributed by atoms with Gasteiger partial charge in [0.2, 0.25) is 17.6 Å². The van der Waals surface area contributed by atoms with Gasteiger partial charge in [-0.25, -0.2) is 0 Å². The summed E-state index contributed by atoms with van der Waals surface area (Å²) in [5.41, 5.74) is 1.77. The van der Waals surface area contributed by atoms with Crippen LogP contribution in [-0.2, 0) is 17.8 Å². The molecule has 3 rings (SSSR count). The van der Waals surface area contributed by atoms with E-state index in [4.69, 9.17) is 16.1 Å². The molecule has 7 heteroatoms. The van der Waals surface area contributed by atoms with E-state index in [1.165, 1.54) is 0 Å². The number of carbonyl (C=O) groups is 1. The zero-order chi connectivity index (χ0) is 17.6. The molecule has 0 spiro atoms. The van der Waals surface area contributed by atoms with E-state index in [0.717, 1.165) is 14.7 Å². The van der Waals surface area contributed by atoms with Crippen molar-refractivity contribution in [2.24, 2.45) is 0 Å². The summed E-state index contributed by atoms with van der Waals surface area (Å²) < 4.78 is 6.36. The highest BCUT2D eigenvalue weighted by Gasteiger charge is 2.11. The third kappa shape index (κ3) is 5.02. The summed E-state index contributed by atoms with van der Waals surface area (Å²) in [6.07, 6.45) is 0.671. The van der Waals surface area contributed by atoms with Gasteiger partial charge in [-0.15, -0.1) is 0 Å². The fourth-order valence-electron chi connectivity index (χ4n) is 2.22. The summed E-state index contributed by atoms with van der Waals surface area (Å²) in [7, 11) is 0. The molecule has 1 heterocycles. The van der Waals surface area contributed by atoms with E-state index >= 15 is 0 Å². The minimum Gasteiger partial charge on any atom is -0.352 e. The Morgan fingerprint density at radius 2 is 1.92 bits per heavy atom. The van der Waals surface area contributed by atoms with Crippen LogP contribution in [0.5, 0.6) is 0 Å². The predicted octanol–water partition coefficient (Wildman–Crippen LogP) is 4.24. The van der Waals surface area contributed by atoms with Crippen molar-refractivity contribution in [1.29, 1.82) is 0 Å². The molecule has 25 heavy (non-hydrogen) atoms. The smallest absolute Gasteiger partial charge is 0.227 e. The van der Waals surface area contributed by atoms with Crippen molar-refractivity contribution in [1.82, 2.24) is 15.5 Å². The number of nitrogens with zero attached hydrogens (tertiary/aromatic N) is 2. The Hall–Kier alpha value is -1.93. The molecule has 0 saturated heterocycles. The number of nitrogens with one attached hydrogen (secondary N) is 1. The molecule has 1 amide bonds. The van der Waals surface area contributed by atoms with E-state index in [1.807, 2.05) is 42.5 Å². The number of halogens is 2. The van der Waals surface area contributed by atoms with Crippen molar-refractivity contribution in [3.63, 3.8) is 0 Å². The lowest BCUT2D eigenvalue weighted by Crippen LogP contribution is -2.23. The number of aryl methyl sites for hydroxylation is 1. The third-order valence-electron chi connectivity index (χ3n) is 3.57. The van der Waals surface area contributed by atoms with Gasteiger partial charge in [-0.3, -0.25) is 4.79 Å². The van der Waals surface area contributed by atoms with Gasteiger partial charge in [0.25, 0.3) is 0 Å². The van der Waals surface area contributed by atoms with Crippen LogP contribution in [0.25, 0.3) is 11.4 Å². The van der Waals surface area contributed by atoms with Gasteiger partial charge in [0.1, 0.15) is 0 Å². The second-order valence-electron chi connectivity index (χ2n) is 5.39. The Morgan fingerprint density at radius 3 is 2.68 bits per heavy atom. The van der Waals surface area contributed by atoms with Crippen LogP contribution in [0.2, 0.25) is 5.02 Å². The number of hydrogen-bond acceptors (Lipinski definition) is 4. The van der Waals surface area contributed by atoms with Crippen molar-refractivity contribution in [3.8, 4) is 11.4 Å². The van der Waals surface area contributed by atoms with Crippen LogP contribution in [-0.4, -0.2) is 16.0 Å². The molecule has 2 aromatic carbocycles. The summed E-state index contributed by atoms with van der Waals surface area (Å²) in [6.45, 7) is 0.399. The summed E-state index contributed by atoms with van der Waals surface area (Å²) in [5.74, 6) is 0.887. The fourth-order valence-corrected chi connectivity index (χ4v) is 2.78. The number of benzene rings is 2. The molecule has 0 aliphatic rings. The minimum absolute atomic E-state index is 0.0889. The number of rotatable bonds is 6. The van der Waals surface area contributed by atoms with Crippen LogP contribution in [0.15, 0.2) is 53.1 Å². The molecule has 0 fully saturated rings. The Balaban J connectivity index is 1.51. The molecule has 128 valence electrons. The van der Waals surface area contributed by atoms with E-state index in [9.17, 15) is 4.79 Å². The third-order valence-corrected chi connectivity index (χ3v) is 4.66. The van der Waals surface area contributed by atoms with Crippen LogP contribution < -0.4 is 5.32 Å². The molecular weight excluding hydrogens is 453 g/mol. The van der Waals surface area contributed by atoms with E-state index in [1.54, 1.807) is 6.07 Å². The number of aromatic nitrogens is 2. The van der Waals surface area contributed by atoms with E-state index < -0.39 is 0 Å². The molecule has 5 nitrogen and oxygen atoms in total. The average molecular weight is 468 g/mol. The maximum absolute atomic E-state index is 12.0. The normalized spacial score (nSPS) is 10.6. The van der Waals surface area contributed by atoms with Crippen molar-refractivity contribution in [2.45, 2.75) is 19.4 Å². The summed E-state index contributed by atoms with van der Waals surface area (Å²) in [4.78, 5) is 16.3. The Labute approximate surface area is 163 Å². The molecule has 0 saturated carbocycles. The van der Waals surface area contributed by atoms with Gasteiger partial charge >= 0.3 is 0 Å². The van der Waals surface area contributed by atoms with Crippen LogP contribution in [0.3, 0.4) is 0 Å². The van der Waals surface area contributed by atoms with Crippen molar-refractivity contribution < 1.29 is 9.32 Å². The molecule has 1 N–H and O–H groups in total. The molecule has 0 radical (unpaired) electrons. The van der Waals surface area contributed by atoms with Crippen LogP contribution >= 0.6 is 34.2 Å². The fraction of sp³-hybridized carbons (Fsp3) is 0.167. The van der Waals surface area contributed by atoms with Crippen molar-refractivity contribution in [3.05, 3.63) is 68.6 Å². The lowest BCUT2D eigenvalue weighted by atomic mass is 10.2. The summed E-state index contributed by atoms with van der Waals surface area (Å²) in [6, 6.07) is 15.3. The van der Waals surface area contributed by atoms with Crippen LogP contribution in [0.1, 0.15) is 17.9 Å². The Morgan fingerprint density at radius 1 is 1.16 bits per heavy atom. The van der Waals surface area contributed by atoms with E-state index in [-0.39, 0.29) is 12.3 Å². The highest BCUT2D eigenvalue weighted by Crippen LogP contribution is 2.18. The number of amides is 1. The van der Waals surface area contributed by atoms with Gasteiger partial charge < -0.3 is 9.84 Å². The van der Waals surface area contributed by atoms with Gasteiger partial charge in [0.15, 0.2) is 0 Å². The Bertz CT molecular complexity index is 865. The van der Waals surface area contributed by atoms with Crippen LogP contribution in [0, 0.1) is 3.57 Å². The van der Waals surface area contributed by atoms with Gasteiger partial charge in [0.05, 0.1) is 0 Å². The topological polar surface area (TPSA) is 68.0 Å². The number of hydrogen-bond donors (Lipinski definition) is 1. The zero-order valence-electron chi connectivity index (χ0n) is 13.2. The summed E-state index contributed by atoms with van der Waals surface area (Å²) in [5, 5.41) is 7.44.